The fourth-order valence-electron chi connectivity index (χ4n) is 3.42. The van der Waals surface area contributed by atoms with Crippen LogP contribution in [0.4, 0.5) is 0 Å². The second-order valence-electron chi connectivity index (χ2n) is 7.26. The maximum Gasteiger partial charge on any atom is 0.228 e. The first-order valence-electron chi connectivity index (χ1n) is 10.4. The molecule has 4 rings (SSSR count). The molecule has 0 spiro atoms. The molecule has 1 N–H and O–H groups in total. The second kappa shape index (κ2) is 12.2. The van der Waals surface area contributed by atoms with Gasteiger partial charge in [-0.05, 0) is 31.2 Å². The van der Waals surface area contributed by atoms with Crippen molar-refractivity contribution in [3.05, 3.63) is 53.2 Å². The Hall–Kier alpha value is -2.18. The molecule has 3 aromatic rings. The summed E-state index contributed by atoms with van der Waals surface area (Å²) < 4.78 is 10.3. The first kappa shape index (κ1) is 24.5. The molecule has 0 atom stereocenters. The average Bonchev–Trinajstić information content (AvgIpc) is 3.47. The van der Waals surface area contributed by atoms with Gasteiger partial charge in [-0.15, -0.1) is 24.0 Å². The van der Waals surface area contributed by atoms with Crippen LogP contribution >= 0.6 is 35.6 Å². The van der Waals surface area contributed by atoms with Gasteiger partial charge in [0.15, 0.2) is 5.96 Å². The van der Waals surface area contributed by atoms with Crippen LogP contribution in [0.2, 0.25) is 5.02 Å². The smallest absolute Gasteiger partial charge is 0.228 e. The fraction of sp³-hybridized carbons (Fsp3) is 0.429. The van der Waals surface area contributed by atoms with Crippen molar-refractivity contribution in [1.29, 1.82) is 0 Å². The highest BCUT2D eigenvalue weighted by molar-refractivity contribution is 14.0. The molecule has 9 nitrogen and oxygen atoms in total. The predicted molar refractivity (Wildman–Crippen MR) is 133 cm³/mol. The number of nitrogens with one attached hydrogen (secondary N) is 1. The SMILES string of the molecule is CCNC(=NCCc1nc(-c2ccc(Cl)cc2)no1)N1CCN(Cc2ccon2)CC1.I. The van der Waals surface area contributed by atoms with Crippen LogP contribution in [0, 0.1) is 0 Å². The molecular formula is C21H27ClIN7O2. The molecular weight excluding hydrogens is 545 g/mol. The normalized spacial score (nSPS) is 14.9. The van der Waals surface area contributed by atoms with E-state index in [1.807, 2.05) is 30.3 Å². The number of aromatic nitrogens is 3. The maximum absolute atomic E-state index is 5.93. The zero-order valence-corrected chi connectivity index (χ0v) is 21.0. The minimum absolute atomic E-state index is 0. The van der Waals surface area contributed by atoms with Crippen molar-refractivity contribution in [2.45, 2.75) is 19.9 Å². The minimum atomic E-state index is 0. The lowest BCUT2D eigenvalue weighted by Crippen LogP contribution is -2.52. The molecule has 0 radical (unpaired) electrons. The summed E-state index contributed by atoms with van der Waals surface area (Å²) in [5.41, 5.74) is 1.84. The topological polar surface area (TPSA) is 95.8 Å². The predicted octanol–water partition coefficient (Wildman–Crippen LogP) is 3.32. The Morgan fingerprint density at radius 3 is 2.59 bits per heavy atom. The van der Waals surface area contributed by atoms with E-state index in [1.54, 1.807) is 6.26 Å². The summed E-state index contributed by atoms with van der Waals surface area (Å²) in [5, 5.41) is 12.1. The summed E-state index contributed by atoms with van der Waals surface area (Å²) in [4.78, 5) is 13.9. The largest absolute Gasteiger partial charge is 0.364 e. The van der Waals surface area contributed by atoms with Gasteiger partial charge in [0.25, 0.3) is 0 Å². The lowest BCUT2D eigenvalue weighted by atomic mass is 10.2. The van der Waals surface area contributed by atoms with Gasteiger partial charge < -0.3 is 19.3 Å². The Balaban J connectivity index is 0.00000289. The van der Waals surface area contributed by atoms with E-state index in [4.69, 9.17) is 25.6 Å². The summed E-state index contributed by atoms with van der Waals surface area (Å²) in [6.45, 7) is 7.99. The van der Waals surface area contributed by atoms with Gasteiger partial charge in [0.2, 0.25) is 11.7 Å². The fourth-order valence-corrected chi connectivity index (χ4v) is 3.55. The van der Waals surface area contributed by atoms with E-state index in [9.17, 15) is 0 Å². The van der Waals surface area contributed by atoms with Crippen molar-refractivity contribution in [2.24, 2.45) is 4.99 Å². The van der Waals surface area contributed by atoms with Crippen LogP contribution in [0.1, 0.15) is 18.5 Å². The van der Waals surface area contributed by atoms with Gasteiger partial charge in [-0.25, -0.2) is 0 Å². The number of benzene rings is 1. The van der Waals surface area contributed by atoms with Crippen LogP contribution in [0.5, 0.6) is 0 Å². The summed E-state index contributed by atoms with van der Waals surface area (Å²) in [7, 11) is 0. The third-order valence-electron chi connectivity index (χ3n) is 5.04. The van der Waals surface area contributed by atoms with E-state index < -0.39 is 0 Å². The molecule has 0 aliphatic carbocycles. The number of aliphatic imine (C=N–C) groups is 1. The van der Waals surface area contributed by atoms with Crippen LogP contribution in [-0.4, -0.2) is 70.3 Å². The van der Waals surface area contributed by atoms with E-state index in [0.717, 1.165) is 56.5 Å². The van der Waals surface area contributed by atoms with E-state index in [0.29, 0.717) is 29.7 Å². The lowest BCUT2D eigenvalue weighted by molar-refractivity contribution is 0.169. The van der Waals surface area contributed by atoms with Crippen molar-refractivity contribution in [3.8, 4) is 11.4 Å². The molecule has 11 heteroatoms. The summed E-state index contributed by atoms with van der Waals surface area (Å²) in [6, 6.07) is 9.28. The van der Waals surface area contributed by atoms with Crippen molar-refractivity contribution >= 4 is 41.5 Å². The number of guanidine groups is 1. The molecule has 172 valence electrons. The van der Waals surface area contributed by atoms with Crippen molar-refractivity contribution in [2.75, 3.05) is 39.3 Å². The summed E-state index contributed by atoms with van der Waals surface area (Å²) in [6.07, 6.45) is 2.20. The number of nitrogens with zero attached hydrogens (tertiary/aromatic N) is 6. The molecule has 1 saturated heterocycles. The Labute approximate surface area is 209 Å². The average molecular weight is 572 g/mol. The van der Waals surface area contributed by atoms with Gasteiger partial charge in [0.1, 0.15) is 6.26 Å². The first-order chi connectivity index (χ1) is 15.2. The standard InChI is InChI=1S/C21H26ClN7O2.HI/c1-2-23-21(29-12-10-28(11-13-29)15-18-8-14-30-26-18)24-9-7-19-25-20(27-31-19)16-3-5-17(22)6-4-16;/h3-6,8,14H,2,7,9-13,15H2,1H3,(H,23,24);1H. The van der Waals surface area contributed by atoms with Gasteiger partial charge in [-0.2, -0.15) is 4.98 Å². The van der Waals surface area contributed by atoms with Crippen molar-refractivity contribution in [3.63, 3.8) is 0 Å². The summed E-state index contributed by atoms with van der Waals surface area (Å²) >= 11 is 5.93. The highest BCUT2D eigenvalue weighted by Crippen LogP contribution is 2.18. The molecule has 0 bridgehead atoms. The second-order valence-corrected chi connectivity index (χ2v) is 7.69. The van der Waals surface area contributed by atoms with Crippen LogP contribution in [0.25, 0.3) is 11.4 Å². The molecule has 0 saturated carbocycles. The van der Waals surface area contributed by atoms with Gasteiger partial charge >= 0.3 is 0 Å². The first-order valence-corrected chi connectivity index (χ1v) is 10.8. The number of hydrogen-bond donors (Lipinski definition) is 1. The number of rotatable bonds is 7. The zero-order valence-electron chi connectivity index (χ0n) is 17.9. The van der Waals surface area contributed by atoms with Crippen LogP contribution < -0.4 is 5.32 Å². The van der Waals surface area contributed by atoms with E-state index in [1.165, 1.54) is 0 Å². The molecule has 3 heterocycles. The Bertz CT molecular complexity index is 970. The number of hydrogen-bond acceptors (Lipinski definition) is 7. The van der Waals surface area contributed by atoms with E-state index in [-0.39, 0.29) is 24.0 Å². The Morgan fingerprint density at radius 2 is 1.91 bits per heavy atom. The van der Waals surface area contributed by atoms with Crippen molar-refractivity contribution < 1.29 is 9.05 Å². The number of halogens is 2. The van der Waals surface area contributed by atoms with Crippen molar-refractivity contribution in [1.82, 2.24) is 30.4 Å². The zero-order chi connectivity index (χ0) is 21.5. The van der Waals surface area contributed by atoms with Gasteiger partial charge in [-0.3, -0.25) is 9.89 Å². The molecule has 1 aliphatic heterocycles. The summed E-state index contributed by atoms with van der Waals surface area (Å²) in [5.74, 6) is 2.05. The highest BCUT2D eigenvalue weighted by atomic mass is 127. The molecule has 2 aromatic heterocycles. The van der Waals surface area contributed by atoms with Gasteiger partial charge in [0, 0.05) is 62.3 Å². The molecule has 0 unspecified atom stereocenters. The quantitative estimate of drug-likeness (QED) is 0.262. The molecule has 1 aromatic carbocycles. The van der Waals surface area contributed by atoms with E-state index >= 15 is 0 Å². The maximum atomic E-state index is 5.93. The number of piperazine rings is 1. The molecule has 0 amide bonds. The van der Waals surface area contributed by atoms with Crippen LogP contribution in [0.3, 0.4) is 0 Å². The van der Waals surface area contributed by atoms with Gasteiger partial charge in [0.05, 0.1) is 12.2 Å². The Kier molecular flexibility index (Phi) is 9.30. The van der Waals surface area contributed by atoms with Crippen LogP contribution in [-0.2, 0) is 13.0 Å². The molecule has 32 heavy (non-hydrogen) atoms. The third kappa shape index (κ3) is 6.66. The van der Waals surface area contributed by atoms with E-state index in [2.05, 4.69) is 37.3 Å². The third-order valence-corrected chi connectivity index (χ3v) is 5.29. The molecule has 1 aliphatic rings. The van der Waals surface area contributed by atoms with Crippen LogP contribution in [0.15, 0.2) is 50.6 Å². The molecule has 1 fully saturated rings. The Morgan fingerprint density at radius 1 is 1.12 bits per heavy atom. The van der Waals surface area contributed by atoms with Gasteiger partial charge in [-0.1, -0.05) is 21.9 Å². The monoisotopic (exact) mass is 571 g/mol. The minimum Gasteiger partial charge on any atom is -0.364 e. The lowest BCUT2D eigenvalue weighted by Gasteiger charge is -2.36. The highest BCUT2D eigenvalue weighted by Gasteiger charge is 2.20.